The van der Waals surface area contributed by atoms with Gasteiger partial charge in [-0.15, -0.1) is 11.3 Å². The van der Waals surface area contributed by atoms with Crippen LogP contribution < -0.4 is 30.2 Å². The van der Waals surface area contributed by atoms with Gasteiger partial charge in [0.05, 0.1) is 12.8 Å². The molecule has 1 aromatic heterocycles. The Labute approximate surface area is 478 Å². The van der Waals surface area contributed by atoms with Crippen LogP contribution in [0, 0.1) is 0 Å². The van der Waals surface area contributed by atoms with E-state index < -0.39 is 0 Å². The number of para-hydroxylation sites is 1. The van der Waals surface area contributed by atoms with Crippen molar-refractivity contribution in [2.45, 2.75) is 188 Å². The highest BCUT2D eigenvalue weighted by Crippen LogP contribution is 2.55. The molecule has 0 radical (unpaired) electrons. The molecule has 12 rings (SSSR count). The molecule has 0 fully saturated rings. The molecule has 0 saturated heterocycles. The molecule has 2 aliphatic heterocycles. The third-order valence-electron chi connectivity index (χ3n) is 19.8. The Morgan fingerprint density at radius 3 is 1.73 bits per heavy atom. The number of unbranched alkanes of at least 4 members (excludes halogenated alkanes) is 1. The van der Waals surface area contributed by atoms with Gasteiger partial charge in [0.1, 0.15) is 5.75 Å². The average molecular weight is 1060 g/mol. The standard InChI is InChI=1S/C74H85BN2OS/c1-17-19-34-70(6,7)55-33-32-50(39-46(55)18-2)76-61-44-58-57(72(10,11)36-37-73(58,12)13)43-60(61)75-66-62(76)40-47(51-24-20-21-25-52(51)53-26-22-23-27-64(53)78-16)41-63(66)77(49-30-28-48(29-31-49)69(3,4)5)67-54-42-56-59(45-65(54)79-68(67)75)74(14,15)38-35-71(56,8)9/h20-33,39-45H,17-19,34-38H2,1-16H3. The Bertz CT molecular complexity index is 3730. The van der Waals surface area contributed by atoms with Crippen LogP contribution in [0.2, 0.25) is 0 Å². The van der Waals surface area contributed by atoms with Crippen LogP contribution in [0.15, 0.2) is 127 Å². The first-order valence-electron chi connectivity index (χ1n) is 29.9. The Morgan fingerprint density at radius 2 is 1.13 bits per heavy atom. The number of hydrogen-bond acceptors (Lipinski definition) is 4. The molecule has 8 aromatic rings. The Morgan fingerprint density at radius 1 is 0.570 bits per heavy atom. The quantitative estimate of drug-likeness (QED) is 0.127. The van der Waals surface area contributed by atoms with Gasteiger partial charge in [0.2, 0.25) is 0 Å². The van der Waals surface area contributed by atoms with Gasteiger partial charge in [-0.3, -0.25) is 0 Å². The lowest BCUT2D eigenvalue weighted by Crippen LogP contribution is -2.61. The minimum atomic E-state index is -0.00524. The van der Waals surface area contributed by atoms with Crippen molar-refractivity contribution in [1.29, 1.82) is 0 Å². The van der Waals surface area contributed by atoms with E-state index in [1.54, 1.807) is 7.11 Å². The van der Waals surface area contributed by atoms with E-state index in [2.05, 4.69) is 252 Å². The van der Waals surface area contributed by atoms with Gasteiger partial charge in [-0.1, -0.05) is 183 Å². The van der Waals surface area contributed by atoms with Crippen molar-refractivity contribution in [2.24, 2.45) is 0 Å². The first kappa shape index (κ1) is 53.6. The van der Waals surface area contributed by atoms with Crippen molar-refractivity contribution in [3.63, 3.8) is 0 Å². The summed E-state index contributed by atoms with van der Waals surface area (Å²) in [6.45, 7) is 36.6. The van der Waals surface area contributed by atoms with Crippen LogP contribution in [-0.2, 0) is 38.9 Å². The van der Waals surface area contributed by atoms with Crippen molar-refractivity contribution in [1.82, 2.24) is 0 Å². The van der Waals surface area contributed by atoms with E-state index in [1.165, 1.54) is 142 Å². The normalized spacial score (nSPS) is 17.4. The summed E-state index contributed by atoms with van der Waals surface area (Å²) in [6.07, 6.45) is 9.24. The summed E-state index contributed by atoms with van der Waals surface area (Å²) in [6, 6.07) is 50.6. The number of hydrogen-bond donors (Lipinski definition) is 0. The second-order valence-electron chi connectivity index (χ2n) is 28.5. The van der Waals surface area contributed by atoms with Crippen LogP contribution in [0.1, 0.15) is 188 Å². The number of benzene rings is 7. The van der Waals surface area contributed by atoms with Crippen molar-refractivity contribution < 1.29 is 4.74 Å². The van der Waals surface area contributed by atoms with Crippen LogP contribution in [0.4, 0.5) is 34.1 Å². The minimum Gasteiger partial charge on any atom is -0.496 e. The summed E-state index contributed by atoms with van der Waals surface area (Å²) in [5.41, 5.74) is 25.5. The van der Waals surface area contributed by atoms with Crippen LogP contribution in [0.5, 0.6) is 5.75 Å². The summed E-state index contributed by atoms with van der Waals surface area (Å²) >= 11 is 2.06. The molecule has 3 heterocycles. The highest BCUT2D eigenvalue weighted by atomic mass is 32.1. The van der Waals surface area contributed by atoms with Crippen LogP contribution in [0.3, 0.4) is 0 Å². The summed E-state index contributed by atoms with van der Waals surface area (Å²) in [5, 5.41) is 1.37. The summed E-state index contributed by atoms with van der Waals surface area (Å²) in [4.78, 5) is 5.44. The SMILES string of the molecule is CCCCC(C)(C)c1ccc(N2c3cc4c(cc3B3c5sc6cc7c(cc6c5N(c5ccc(C(C)(C)C)cc5)c5cc(-c6ccccc6-c6ccccc6OC)cc2c53)C(C)(C)CCC7(C)C)C(C)(C)CCC4(C)C)cc1CC. The van der Waals surface area contributed by atoms with Crippen LogP contribution >= 0.6 is 11.3 Å². The fourth-order valence-electron chi connectivity index (χ4n) is 14.7. The number of rotatable bonds is 10. The van der Waals surface area contributed by atoms with E-state index in [0.29, 0.717) is 0 Å². The maximum absolute atomic E-state index is 6.15. The number of fused-ring (bicyclic) bond motifs is 8. The second-order valence-corrected chi connectivity index (χ2v) is 29.5. The van der Waals surface area contributed by atoms with Crippen molar-refractivity contribution in [3.8, 4) is 28.0 Å². The Balaban J connectivity index is 1.25. The average Bonchev–Trinajstić information content (AvgIpc) is 4.06. The van der Waals surface area contributed by atoms with E-state index in [0.717, 1.165) is 36.1 Å². The van der Waals surface area contributed by atoms with Gasteiger partial charge in [-0.05, 0) is 198 Å². The molecule has 0 N–H and O–H groups in total. The van der Waals surface area contributed by atoms with Gasteiger partial charge in [0, 0.05) is 48.9 Å². The van der Waals surface area contributed by atoms with Gasteiger partial charge in [0.15, 0.2) is 0 Å². The third kappa shape index (κ3) is 8.64. The Kier molecular flexibility index (Phi) is 12.7. The number of methoxy groups -OCH3 is 1. The Hall–Kier alpha value is -6.04. The molecule has 4 aliphatic rings. The van der Waals surface area contributed by atoms with Gasteiger partial charge < -0.3 is 14.5 Å². The topological polar surface area (TPSA) is 15.7 Å². The van der Waals surface area contributed by atoms with E-state index in [4.69, 9.17) is 4.74 Å². The zero-order chi connectivity index (χ0) is 55.9. The molecular formula is C74H85BN2OS. The zero-order valence-electron chi connectivity index (χ0n) is 50.6. The molecule has 2 aliphatic carbocycles. The van der Waals surface area contributed by atoms with Crippen molar-refractivity contribution in [3.05, 3.63) is 166 Å². The first-order valence-corrected chi connectivity index (χ1v) is 30.8. The molecule has 5 heteroatoms. The van der Waals surface area contributed by atoms with Crippen LogP contribution in [0.25, 0.3) is 32.3 Å². The number of nitrogens with zero attached hydrogens (tertiary/aromatic N) is 2. The lowest BCUT2D eigenvalue weighted by Gasteiger charge is -2.47. The molecule has 79 heavy (non-hydrogen) atoms. The fourth-order valence-corrected chi connectivity index (χ4v) is 16.0. The molecular weight excluding hydrogens is 976 g/mol. The van der Waals surface area contributed by atoms with Gasteiger partial charge >= 0.3 is 0 Å². The van der Waals surface area contributed by atoms with Gasteiger partial charge in [-0.25, -0.2) is 0 Å². The molecule has 0 saturated carbocycles. The first-order chi connectivity index (χ1) is 37.4. The molecule has 3 nitrogen and oxygen atoms in total. The maximum Gasteiger partial charge on any atom is 0.264 e. The number of anilines is 6. The number of thiophene rings is 1. The molecule has 0 atom stereocenters. The van der Waals surface area contributed by atoms with Crippen molar-refractivity contribution >= 4 is 78.0 Å². The number of aryl methyl sites for hydroxylation is 1. The zero-order valence-corrected chi connectivity index (χ0v) is 51.4. The van der Waals surface area contributed by atoms with E-state index in [1.807, 2.05) is 0 Å². The number of ether oxygens (including phenoxy) is 1. The van der Waals surface area contributed by atoms with Crippen LogP contribution in [-0.4, -0.2) is 13.8 Å². The lowest BCUT2D eigenvalue weighted by atomic mass is 9.35. The predicted octanol–water partition coefficient (Wildman–Crippen LogP) is 19.4. The largest absolute Gasteiger partial charge is 0.496 e. The maximum atomic E-state index is 6.15. The predicted molar refractivity (Wildman–Crippen MR) is 344 cm³/mol. The molecule has 406 valence electrons. The van der Waals surface area contributed by atoms with Gasteiger partial charge in [0.25, 0.3) is 6.71 Å². The molecule has 0 bridgehead atoms. The van der Waals surface area contributed by atoms with E-state index >= 15 is 0 Å². The molecule has 0 spiro atoms. The fraction of sp³-hybridized carbons (Fsp3) is 0.405. The minimum absolute atomic E-state index is 0.00524. The summed E-state index contributed by atoms with van der Waals surface area (Å²) in [7, 11) is 1.80. The smallest absolute Gasteiger partial charge is 0.264 e. The molecule has 7 aromatic carbocycles. The highest BCUT2D eigenvalue weighted by Gasteiger charge is 2.49. The summed E-state index contributed by atoms with van der Waals surface area (Å²) in [5.74, 6) is 0.874. The van der Waals surface area contributed by atoms with E-state index in [-0.39, 0.29) is 39.2 Å². The highest BCUT2D eigenvalue weighted by molar-refractivity contribution is 7.33. The van der Waals surface area contributed by atoms with Crippen molar-refractivity contribution in [2.75, 3.05) is 16.9 Å². The second kappa shape index (κ2) is 18.8. The molecule has 0 amide bonds. The van der Waals surface area contributed by atoms with E-state index in [9.17, 15) is 0 Å². The lowest BCUT2D eigenvalue weighted by molar-refractivity contribution is 0.332. The third-order valence-corrected chi connectivity index (χ3v) is 21.1. The monoisotopic (exact) mass is 1060 g/mol. The summed E-state index contributed by atoms with van der Waals surface area (Å²) < 4.78 is 8.98. The van der Waals surface area contributed by atoms with Gasteiger partial charge in [-0.2, -0.15) is 0 Å². The molecule has 0 unspecified atom stereocenters.